The lowest BCUT2D eigenvalue weighted by Gasteiger charge is -2.31. The lowest BCUT2D eigenvalue weighted by Crippen LogP contribution is -2.38. The molecule has 0 aliphatic carbocycles. The Balaban J connectivity index is 1.67. The smallest absolute Gasteiger partial charge is 0.237 e. The molecule has 30 heavy (non-hydrogen) atoms. The van der Waals surface area contributed by atoms with E-state index >= 15 is 0 Å². The first kappa shape index (κ1) is 19.2. The molecule has 0 fully saturated rings. The maximum Gasteiger partial charge on any atom is 0.237 e. The summed E-state index contributed by atoms with van der Waals surface area (Å²) in [5, 5.41) is 8.42. The minimum absolute atomic E-state index is 0.0235. The minimum Gasteiger partial charge on any atom is -0.456 e. The van der Waals surface area contributed by atoms with Crippen molar-refractivity contribution in [2.24, 2.45) is 0 Å². The van der Waals surface area contributed by atoms with Gasteiger partial charge in [0.05, 0.1) is 21.5 Å². The van der Waals surface area contributed by atoms with Crippen molar-refractivity contribution in [3.63, 3.8) is 0 Å². The molecule has 3 heterocycles. The summed E-state index contributed by atoms with van der Waals surface area (Å²) >= 11 is 3.72. The first-order valence-electron chi connectivity index (χ1n) is 10.0. The van der Waals surface area contributed by atoms with E-state index in [1.807, 2.05) is 54.9 Å². The van der Waals surface area contributed by atoms with E-state index in [1.165, 1.54) is 5.56 Å². The number of benzene rings is 2. The van der Waals surface area contributed by atoms with Gasteiger partial charge >= 0.3 is 0 Å². The van der Waals surface area contributed by atoms with Crippen LogP contribution in [-0.4, -0.2) is 9.78 Å². The lowest BCUT2D eigenvalue weighted by molar-refractivity contribution is 0.152. The van der Waals surface area contributed by atoms with E-state index in [0.717, 1.165) is 38.6 Å². The molecule has 1 N–H and O–H groups in total. The van der Waals surface area contributed by atoms with Crippen molar-refractivity contribution < 1.29 is 9.47 Å². The summed E-state index contributed by atoms with van der Waals surface area (Å²) in [5.41, 5.74) is 4.02. The minimum atomic E-state index is -0.865. The van der Waals surface area contributed by atoms with Gasteiger partial charge in [0.2, 0.25) is 11.6 Å². The summed E-state index contributed by atoms with van der Waals surface area (Å²) < 4.78 is 15.5. The van der Waals surface area contributed by atoms with Crippen molar-refractivity contribution in [2.45, 2.75) is 45.8 Å². The number of hydrogen-bond donors (Lipinski definition) is 1. The number of aryl methyl sites for hydroxylation is 1. The molecule has 0 saturated carbocycles. The van der Waals surface area contributed by atoms with Crippen LogP contribution >= 0.6 is 15.9 Å². The van der Waals surface area contributed by atoms with Gasteiger partial charge in [-0.3, -0.25) is 0 Å². The molecule has 3 aromatic rings. The van der Waals surface area contributed by atoms with Crippen molar-refractivity contribution in [1.82, 2.24) is 9.78 Å². The summed E-state index contributed by atoms with van der Waals surface area (Å²) in [5.74, 6) is 2.23. The second-order valence-corrected chi connectivity index (χ2v) is 9.77. The van der Waals surface area contributed by atoms with Gasteiger partial charge in [-0.2, -0.15) is 5.10 Å². The van der Waals surface area contributed by atoms with Crippen molar-refractivity contribution in [2.75, 3.05) is 5.32 Å². The highest BCUT2D eigenvalue weighted by Gasteiger charge is 2.48. The number of aromatic nitrogens is 2. The molecule has 0 bridgehead atoms. The highest BCUT2D eigenvalue weighted by Crippen LogP contribution is 2.52. The van der Waals surface area contributed by atoms with Crippen LogP contribution in [-0.2, 0) is 11.1 Å². The number of para-hydroxylation sites is 1. The average Bonchev–Trinajstić information content (AvgIpc) is 3.20. The zero-order valence-electron chi connectivity index (χ0n) is 17.7. The molecule has 1 aromatic heterocycles. The second-order valence-electron chi connectivity index (χ2n) is 8.92. The summed E-state index contributed by atoms with van der Waals surface area (Å²) in [6, 6.07) is 14.3. The number of nitrogens with zero attached hydrogens (tertiary/aromatic N) is 2. The van der Waals surface area contributed by atoms with Crippen molar-refractivity contribution in [1.29, 1.82) is 0 Å². The van der Waals surface area contributed by atoms with E-state index in [2.05, 4.69) is 54.2 Å². The van der Waals surface area contributed by atoms with E-state index in [4.69, 9.17) is 14.6 Å². The molecule has 2 aliphatic rings. The van der Waals surface area contributed by atoms with Gasteiger partial charge in [-0.15, -0.1) is 0 Å². The number of hydrogen-bond acceptors (Lipinski definition) is 4. The average molecular weight is 466 g/mol. The molecular weight excluding hydrogens is 442 g/mol. The molecule has 1 spiro atoms. The Hall–Kier alpha value is -2.73. The topological polar surface area (TPSA) is 48.3 Å². The van der Waals surface area contributed by atoms with Crippen LogP contribution in [0.4, 0.5) is 5.69 Å². The fourth-order valence-corrected chi connectivity index (χ4v) is 4.64. The molecule has 0 saturated heterocycles. The first-order chi connectivity index (χ1) is 14.2. The predicted octanol–water partition coefficient (Wildman–Crippen LogP) is 6.19. The maximum atomic E-state index is 6.59. The number of nitrogens with one attached hydrogen (secondary N) is 1. The van der Waals surface area contributed by atoms with Gasteiger partial charge in [-0.25, -0.2) is 4.68 Å². The standard InChI is InChI=1S/C24H24BrN3O2/c1-14-13-24(26-19-12-16(23(3,4)5)11-18(25)21(19)30-24)20-15(2)27-28(22(20)29-14)17-9-7-6-8-10-17/h6-13,26H,1-5H3/t24-/m1/s1. The third-order valence-corrected chi connectivity index (χ3v) is 6.14. The number of fused-ring (bicyclic) bond motifs is 3. The highest BCUT2D eigenvalue weighted by atomic mass is 79.9. The zero-order chi connectivity index (χ0) is 21.3. The van der Waals surface area contributed by atoms with Gasteiger partial charge in [0.25, 0.3) is 0 Å². The molecule has 0 amide bonds. The second kappa shape index (κ2) is 6.38. The number of rotatable bonds is 1. The Labute approximate surface area is 184 Å². The van der Waals surface area contributed by atoms with Gasteiger partial charge in [0.15, 0.2) is 5.75 Å². The van der Waals surface area contributed by atoms with Crippen LogP contribution in [0.2, 0.25) is 0 Å². The van der Waals surface area contributed by atoms with E-state index in [9.17, 15) is 0 Å². The molecule has 5 nitrogen and oxygen atoms in total. The van der Waals surface area contributed by atoms with Crippen LogP contribution in [0.5, 0.6) is 11.6 Å². The monoisotopic (exact) mass is 465 g/mol. The maximum absolute atomic E-state index is 6.59. The first-order valence-corrected chi connectivity index (χ1v) is 10.8. The zero-order valence-corrected chi connectivity index (χ0v) is 19.3. The summed E-state index contributed by atoms with van der Waals surface area (Å²) in [6.07, 6.45) is 1.99. The van der Waals surface area contributed by atoms with Crippen LogP contribution in [0.3, 0.4) is 0 Å². The third kappa shape index (κ3) is 2.85. The van der Waals surface area contributed by atoms with Gasteiger partial charge in [0.1, 0.15) is 11.3 Å². The van der Waals surface area contributed by atoms with E-state index in [1.54, 1.807) is 0 Å². The fraction of sp³-hybridized carbons (Fsp3) is 0.292. The van der Waals surface area contributed by atoms with E-state index in [0.29, 0.717) is 5.88 Å². The molecule has 6 heteroatoms. The molecule has 2 aliphatic heterocycles. The quantitative estimate of drug-likeness (QED) is 0.464. The van der Waals surface area contributed by atoms with Crippen molar-refractivity contribution in [3.8, 4) is 17.3 Å². The van der Waals surface area contributed by atoms with Crippen LogP contribution in [0, 0.1) is 6.92 Å². The Bertz CT molecular complexity index is 1190. The van der Waals surface area contributed by atoms with Crippen LogP contribution in [0.25, 0.3) is 5.69 Å². The Morgan fingerprint density at radius 2 is 1.83 bits per heavy atom. The van der Waals surface area contributed by atoms with Crippen LogP contribution in [0.1, 0.15) is 44.5 Å². The molecule has 2 aromatic carbocycles. The summed E-state index contributed by atoms with van der Waals surface area (Å²) in [7, 11) is 0. The lowest BCUT2D eigenvalue weighted by atomic mass is 9.87. The van der Waals surface area contributed by atoms with Crippen LogP contribution < -0.4 is 14.8 Å². The number of allylic oxidation sites excluding steroid dienone is 1. The van der Waals surface area contributed by atoms with Gasteiger partial charge in [-0.05, 0) is 65.0 Å². The predicted molar refractivity (Wildman–Crippen MR) is 121 cm³/mol. The van der Waals surface area contributed by atoms with E-state index in [-0.39, 0.29) is 5.41 Å². The van der Waals surface area contributed by atoms with Gasteiger partial charge in [0, 0.05) is 6.08 Å². The summed E-state index contributed by atoms with van der Waals surface area (Å²) in [4.78, 5) is 0. The molecule has 0 radical (unpaired) electrons. The van der Waals surface area contributed by atoms with E-state index < -0.39 is 5.72 Å². The molecule has 0 unspecified atom stereocenters. The molecular formula is C24H24BrN3O2. The number of anilines is 1. The van der Waals surface area contributed by atoms with Gasteiger partial charge in [-0.1, -0.05) is 39.0 Å². The Morgan fingerprint density at radius 3 is 2.53 bits per heavy atom. The SMILES string of the molecule is CC1=C[C@]2(Nc3cc(C(C)(C)C)cc(Br)c3O2)c2c(C)nn(-c3ccccc3)c2O1. The fourth-order valence-electron chi connectivity index (χ4n) is 4.10. The highest BCUT2D eigenvalue weighted by molar-refractivity contribution is 9.10. The van der Waals surface area contributed by atoms with Crippen molar-refractivity contribution >= 4 is 21.6 Å². The largest absolute Gasteiger partial charge is 0.456 e. The Morgan fingerprint density at radius 1 is 1.10 bits per heavy atom. The normalized spacial score (nSPS) is 19.5. The Kier molecular flexibility index (Phi) is 4.09. The summed E-state index contributed by atoms with van der Waals surface area (Å²) in [6.45, 7) is 10.5. The molecule has 1 atom stereocenters. The van der Waals surface area contributed by atoms with Gasteiger partial charge < -0.3 is 14.8 Å². The molecule has 5 rings (SSSR count). The van der Waals surface area contributed by atoms with Crippen molar-refractivity contribution in [3.05, 3.63) is 75.6 Å². The van der Waals surface area contributed by atoms with Crippen LogP contribution in [0.15, 0.2) is 58.8 Å². The number of halogens is 1. The number of ether oxygens (including phenoxy) is 2. The third-order valence-electron chi connectivity index (χ3n) is 5.55. The molecule has 154 valence electrons.